The zero-order valence-electron chi connectivity index (χ0n) is 12.7. The molecule has 0 amide bonds. The van der Waals surface area contributed by atoms with Crippen LogP contribution >= 0.6 is 0 Å². The smallest absolute Gasteiger partial charge is 0.207 e. The van der Waals surface area contributed by atoms with E-state index in [1.165, 1.54) is 6.08 Å². The molecule has 1 aliphatic heterocycles. The standard InChI is InChI=1S/C20H15NO2/c1-20(17-5-3-2-4-6-17)19(22)13-18(23-20)12-11-15-7-9-16(14-21)10-8-15/h2-13H,1H3. The fraction of sp³-hybridized carbons (Fsp3) is 0.100. The molecule has 112 valence electrons. The molecule has 0 fully saturated rings. The minimum atomic E-state index is -0.967. The molecule has 0 aliphatic carbocycles. The van der Waals surface area contributed by atoms with Crippen molar-refractivity contribution < 1.29 is 9.53 Å². The summed E-state index contributed by atoms with van der Waals surface area (Å²) in [6.45, 7) is 1.78. The third kappa shape index (κ3) is 2.93. The van der Waals surface area contributed by atoms with Gasteiger partial charge in [0.15, 0.2) is 5.60 Å². The zero-order chi connectivity index (χ0) is 16.3. The van der Waals surface area contributed by atoms with E-state index in [9.17, 15) is 4.79 Å². The molecule has 0 N–H and O–H groups in total. The number of nitrogens with zero attached hydrogens (tertiary/aromatic N) is 1. The van der Waals surface area contributed by atoms with E-state index < -0.39 is 5.60 Å². The molecule has 2 aromatic rings. The number of carbonyl (C=O) groups is 1. The largest absolute Gasteiger partial charge is 0.475 e. The van der Waals surface area contributed by atoms with E-state index in [4.69, 9.17) is 10.00 Å². The van der Waals surface area contributed by atoms with E-state index in [0.717, 1.165) is 11.1 Å². The van der Waals surface area contributed by atoms with Crippen molar-refractivity contribution in [3.8, 4) is 6.07 Å². The van der Waals surface area contributed by atoms with Gasteiger partial charge in [-0.05, 0) is 30.7 Å². The van der Waals surface area contributed by atoms with Crippen molar-refractivity contribution in [3.63, 3.8) is 0 Å². The van der Waals surface area contributed by atoms with Crippen molar-refractivity contribution in [2.24, 2.45) is 0 Å². The highest BCUT2D eigenvalue weighted by molar-refractivity contribution is 6.00. The maximum Gasteiger partial charge on any atom is 0.207 e. The molecule has 0 radical (unpaired) electrons. The first-order valence-electron chi connectivity index (χ1n) is 7.31. The number of hydrogen-bond donors (Lipinski definition) is 0. The Labute approximate surface area is 135 Å². The summed E-state index contributed by atoms with van der Waals surface area (Å²) in [6.07, 6.45) is 5.15. The number of ether oxygens (including phenoxy) is 1. The molecule has 3 nitrogen and oxygen atoms in total. The molecule has 0 saturated carbocycles. The van der Waals surface area contributed by atoms with E-state index >= 15 is 0 Å². The van der Waals surface area contributed by atoms with Crippen LogP contribution in [-0.4, -0.2) is 5.78 Å². The van der Waals surface area contributed by atoms with Crippen LogP contribution in [0.3, 0.4) is 0 Å². The van der Waals surface area contributed by atoms with Crippen LogP contribution in [0, 0.1) is 11.3 Å². The fourth-order valence-electron chi connectivity index (χ4n) is 2.47. The average molecular weight is 301 g/mol. The van der Waals surface area contributed by atoms with Gasteiger partial charge in [-0.3, -0.25) is 4.79 Å². The molecule has 0 aromatic heterocycles. The number of hydrogen-bond acceptors (Lipinski definition) is 3. The first-order chi connectivity index (χ1) is 11.1. The Hall–Kier alpha value is -3.12. The lowest BCUT2D eigenvalue weighted by molar-refractivity contribution is -0.129. The number of rotatable bonds is 3. The van der Waals surface area contributed by atoms with Crippen LogP contribution in [0.2, 0.25) is 0 Å². The highest BCUT2D eigenvalue weighted by Crippen LogP contribution is 2.35. The number of carbonyl (C=O) groups excluding carboxylic acids is 1. The number of benzene rings is 2. The van der Waals surface area contributed by atoms with Crippen LogP contribution in [0.4, 0.5) is 0 Å². The first kappa shape index (κ1) is 14.8. The molecule has 0 spiro atoms. The maximum absolute atomic E-state index is 12.3. The van der Waals surface area contributed by atoms with Gasteiger partial charge in [0.2, 0.25) is 5.78 Å². The van der Waals surface area contributed by atoms with Crippen molar-refractivity contribution in [3.05, 3.63) is 89.2 Å². The van der Waals surface area contributed by atoms with Gasteiger partial charge in [-0.15, -0.1) is 0 Å². The van der Waals surface area contributed by atoms with Crippen molar-refractivity contribution in [1.82, 2.24) is 0 Å². The number of ketones is 1. The highest BCUT2D eigenvalue weighted by atomic mass is 16.5. The average Bonchev–Trinajstić information content (AvgIpc) is 2.90. The summed E-state index contributed by atoms with van der Waals surface area (Å²) in [4.78, 5) is 12.3. The third-order valence-electron chi connectivity index (χ3n) is 3.87. The summed E-state index contributed by atoms with van der Waals surface area (Å²) in [5.41, 5.74) is 1.42. The molecule has 2 aromatic carbocycles. The summed E-state index contributed by atoms with van der Waals surface area (Å²) in [5.74, 6) is 0.467. The van der Waals surface area contributed by atoms with Crippen molar-refractivity contribution >= 4 is 11.9 Å². The van der Waals surface area contributed by atoms with Crippen LogP contribution in [0.25, 0.3) is 6.08 Å². The zero-order valence-corrected chi connectivity index (χ0v) is 12.7. The molecule has 1 unspecified atom stereocenters. The van der Waals surface area contributed by atoms with Gasteiger partial charge in [-0.1, -0.05) is 48.5 Å². The van der Waals surface area contributed by atoms with Gasteiger partial charge in [0.25, 0.3) is 0 Å². The summed E-state index contributed by atoms with van der Waals surface area (Å²) in [5, 5.41) is 8.79. The van der Waals surface area contributed by atoms with Gasteiger partial charge in [0.1, 0.15) is 5.76 Å². The second-order valence-corrected chi connectivity index (χ2v) is 5.48. The van der Waals surface area contributed by atoms with Gasteiger partial charge < -0.3 is 4.74 Å². The van der Waals surface area contributed by atoms with Crippen LogP contribution in [-0.2, 0) is 15.1 Å². The predicted molar refractivity (Wildman–Crippen MR) is 88.2 cm³/mol. The van der Waals surface area contributed by atoms with E-state index in [0.29, 0.717) is 11.3 Å². The topological polar surface area (TPSA) is 50.1 Å². The van der Waals surface area contributed by atoms with E-state index in [2.05, 4.69) is 6.07 Å². The van der Waals surface area contributed by atoms with Crippen molar-refractivity contribution in [1.29, 1.82) is 5.26 Å². The Bertz CT molecular complexity index is 826. The maximum atomic E-state index is 12.3. The Morgan fingerprint density at radius 1 is 1.04 bits per heavy atom. The summed E-state index contributed by atoms with van der Waals surface area (Å²) in [7, 11) is 0. The van der Waals surface area contributed by atoms with E-state index in [1.807, 2.05) is 48.5 Å². The van der Waals surface area contributed by atoms with E-state index in [1.54, 1.807) is 25.1 Å². The Morgan fingerprint density at radius 3 is 2.39 bits per heavy atom. The van der Waals surface area contributed by atoms with Crippen LogP contribution in [0.15, 0.2) is 72.5 Å². The van der Waals surface area contributed by atoms with Crippen LogP contribution in [0.5, 0.6) is 0 Å². The summed E-state index contributed by atoms with van der Waals surface area (Å²) in [6, 6.07) is 18.8. The lowest BCUT2D eigenvalue weighted by atomic mass is 9.92. The molecule has 1 atom stereocenters. The Morgan fingerprint density at radius 2 is 1.74 bits per heavy atom. The highest BCUT2D eigenvalue weighted by Gasteiger charge is 2.40. The molecule has 23 heavy (non-hydrogen) atoms. The molecule has 0 saturated heterocycles. The summed E-state index contributed by atoms with van der Waals surface area (Å²) >= 11 is 0. The third-order valence-corrected chi connectivity index (χ3v) is 3.87. The van der Waals surface area contributed by atoms with Gasteiger partial charge in [0.05, 0.1) is 11.6 Å². The fourth-order valence-corrected chi connectivity index (χ4v) is 2.47. The Kier molecular flexibility index (Phi) is 3.82. The van der Waals surface area contributed by atoms with E-state index in [-0.39, 0.29) is 5.78 Å². The molecule has 3 heteroatoms. The summed E-state index contributed by atoms with van der Waals surface area (Å²) < 4.78 is 5.89. The second kappa shape index (κ2) is 5.94. The normalized spacial score (nSPS) is 20.2. The molecule has 3 rings (SSSR count). The van der Waals surface area contributed by atoms with Crippen molar-refractivity contribution in [2.45, 2.75) is 12.5 Å². The quantitative estimate of drug-likeness (QED) is 0.862. The molecule has 0 bridgehead atoms. The molecule has 1 aliphatic rings. The van der Waals surface area contributed by atoms with Gasteiger partial charge in [-0.2, -0.15) is 5.26 Å². The second-order valence-electron chi connectivity index (χ2n) is 5.48. The number of allylic oxidation sites excluding steroid dienone is 1. The SMILES string of the molecule is CC1(c2ccccc2)OC(C=Cc2ccc(C#N)cc2)=CC1=O. The van der Waals surface area contributed by atoms with Crippen molar-refractivity contribution in [2.75, 3.05) is 0 Å². The monoisotopic (exact) mass is 301 g/mol. The predicted octanol–water partition coefficient (Wildman–Crippen LogP) is 3.97. The lowest BCUT2D eigenvalue weighted by Gasteiger charge is -2.23. The van der Waals surface area contributed by atoms with Gasteiger partial charge in [-0.25, -0.2) is 0 Å². The first-order valence-corrected chi connectivity index (χ1v) is 7.31. The molecular formula is C20H15NO2. The van der Waals surface area contributed by atoms with Crippen LogP contribution < -0.4 is 0 Å². The number of nitriles is 1. The van der Waals surface area contributed by atoms with Gasteiger partial charge >= 0.3 is 0 Å². The van der Waals surface area contributed by atoms with Crippen LogP contribution in [0.1, 0.15) is 23.6 Å². The Balaban J connectivity index is 1.78. The molecular weight excluding hydrogens is 286 g/mol. The van der Waals surface area contributed by atoms with Gasteiger partial charge in [0, 0.05) is 11.6 Å². The lowest BCUT2D eigenvalue weighted by Crippen LogP contribution is -2.29. The molecule has 1 heterocycles. The minimum absolute atomic E-state index is 0.0665. The minimum Gasteiger partial charge on any atom is -0.475 e.